The third-order valence-corrected chi connectivity index (χ3v) is 6.26. The molecule has 4 rings (SSSR count). The molecule has 0 bridgehead atoms. The Balaban J connectivity index is 1.69. The Morgan fingerprint density at radius 2 is 1.62 bits per heavy atom. The molecule has 2 amide bonds. The maximum Gasteiger partial charge on any atom is 0.261 e. The standard InChI is InChI=1S/C18H21NO6S/c1-18(2)24-14-10(9-26(3,22)23)8-13(15(14)25-18)19-16(20)11-6-4-5-7-12(11)17(19)21/h4-7,10,13-15H,8-9H2,1-3H3/t10-,13-,14-,15+/m1/s1. The van der Waals surface area contributed by atoms with E-state index in [9.17, 15) is 18.0 Å². The normalized spacial score (nSPS) is 32.8. The molecular formula is C18H21NO6S. The van der Waals surface area contributed by atoms with Crippen LogP contribution in [-0.2, 0) is 19.3 Å². The maximum atomic E-state index is 12.8. The first-order valence-corrected chi connectivity index (χ1v) is 10.6. The summed E-state index contributed by atoms with van der Waals surface area (Å²) in [5.74, 6) is -1.99. The van der Waals surface area contributed by atoms with Crippen molar-refractivity contribution in [1.82, 2.24) is 4.90 Å². The SMILES string of the molecule is CC1(C)O[C@@H]2[C@@H](CS(C)(=O)=O)C[C@@H](N3C(=O)c4ccccc4C3=O)[C@@H]2O1. The number of hydrogen-bond donors (Lipinski definition) is 0. The molecule has 2 heterocycles. The number of amides is 2. The zero-order valence-electron chi connectivity index (χ0n) is 14.8. The van der Waals surface area contributed by atoms with E-state index in [-0.39, 0.29) is 23.5 Å². The Hall–Kier alpha value is -1.77. The lowest BCUT2D eigenvalue weighted by atomic mass is 10.1. The average Bonchev–Trinajstić information content (AvgIpc) is 3.09. The number of rotatable bonds is 3. The van der Waals surface area contributed by atoms with E-state index in [0.29, 0.717) is 17.5 Å². The van der Waals surface area contributed by atoms with Gasteiger partial charge in [-0.2, -0.15) is 0 Å². The highest BCUT2D eigenvalue weighted by Gasteiger charge is 2.58. The first-order chi connectivity index (χ1) is 12.1. The lowest BCUT2D eigenvalue weighted by Gasteiger charge is -2.28. The quantitative estimate of drug-likeness (QED) is 0.734. The number of sulfone groups is 1. The molecule has 0 unspecified atom stereocenters. The number of carbonyl (C=O) groups is 2. The van der Waals surface area contributed by atoms with Gasteiger partial charge in [-0.15, -0.1) is 0 Å². The lowest BCUT2D eigenvalue weighted by Crippen LogP contribution is -2.46. The molecule has 26 heavy (non-hydrogen) atoms. The Morgan fingerprint density at radius 3 is 2.15 bits per heavy atom. The number of nitrogens with zero attached hydrogens (tertiary/aromatic N) is 1. The van der Waals surface area contributed by atoms with E-state index >= 15 is 0 Å². The summed E-state index contributed by atoms with van der Waals surface area (Å²) >= 11 is 0. The van der Waals surface area contributed by atoms with Gasteiger partial charge in [0, 0.05) is 12.2 Å². The fourth-order valence-corrected chi connectivity index (χ4v) is 5.47. The summed E-state index contributed by atoms with van der Waals surface area (Å²) in [5.41, 5.74) is 0.748. The van der Waals surface area contributed by atoms with E-state index in [2.05, 4.69) is 0 Å². The molecule has 2 fully saturated rings. The molecule has 1 aromatic rings. The first kappa shape index (κ1) is 17.6. The Labute approximate surface area is 152 Å². The van der Waals surface area contributed by atoms with Crippen molar-refractivity contribution < 1.29 is 27.5 Å². The van der Waals surface area contributed by atoms with Crippen molar-refractivity contribution in [2.24, 2.45) is 5.92 Å². The molecule has 1 saturated carbocycles. The lowest BCUT2D eigenvalue weighted by molar-refractivity contribution is -0.160. The fraction of sp³-hybridized carbons (Fsp3) is 0.556. The Bertz CT molecular complexity index is 858. The summed E-state index contributed by atoms with van der Waals surface area (Å²) in [5, 5.41) is 0. The molecule has 7 nitrogen and oxygen atoms in total. The van der Waals surface area contributed by atoms with Crippen molar-refractivity contribution in [3.63, 3.8) is 0 Å². The van der Waals surface area contributed by atoms with Gasteiger partial charge in [0.15, 0.2) is 5.79 Å². The van der Waals surface area contributed by atoms with Gasteiger partial charge in [0.1, 0.15) is 15.9 Å². The molecule has 0 aromatic heterocycles. The van der Waals surface area contributed by atoms with E-state index in [4.69, 9.17) is 9.47 Å². The van der Waals surface area contributed by atoms with Crippen molar-refractivity contribution in [1.29, 1.82) is 0 Å². The second-order valence-electron chi connectivity index (χ2n) is 7.75. The molecule has 3 aliphatic rings. The summed E-state index contributed by atoms with van der Waals surface area (Å²) in [7, 11) is -3.24. The van der Waals surface area contributed by atoms with Gasteiger partial charge in [-0.1, -0.05) is 12.1 Å². The third-order valence-electron chi connectivity index (χ3n) is 5.23. The summed E-state index contributed by atoms with van der Waals surface area (Å²) in [6.45, 7) is 3.50. The molecular weight excluding hydrogens is 358 g/mol. The second-order valence-corrected chi connectivity index (χ2v) is 9.93. The molecule has 1 aromatic carbocycles. The van der Waals surface area contributed by atoms with Gasteiger partial charge >= 0.3 is 0 Å². The number of carbonyl (C=O) groups excluding carboxylic acids is 2. The van der Waals surface area contributed by atoms with Crippen molar-refractivity contribution in [3.8, 4) is 0 Å². The topological polar surface area (TPSA) is 90.0 Å². The van der Waals surface area contributed by atoms with E-state index < -0.39 is 33.9 Å². The number of fused-ring (bicyclic) bond motifs is 2. The van der Waals surface area contributed by atoms with Crippen LogP contribution in [0, 0.1) is 5.92 Å². The van der Waals surface area contributed by atoms with Crippen LogP contribution in [0.2, 0.25) is 0 Å². The van der Waals surface area contributed by atoms with Gasteiger partial charge in [0.05, 0.1) is 29.0 Å². The fourth-order valence-electron chi connectivity index (χ4n) is 4.37. The van der Waals surface area contributed by atoms with Crippen molar-refractivity contribution in [3.05, 3.63) is 35.4 Å². The highest BCUT2D eigenvalue weighted by molar-refractivity contribution is 7.90. The van der Waals surface area contributed by atoms with E-state index in [0.717, 1.165) is 0 Å². The van der Waals surface area contributed by atoms with Crippen molar-refractivity contribution >= 4 is 21.7 Å². The molecule has 1 saturated heterocycles. The van der Waals surface area contributed by atoms with Crippen molar-refractivity contribution in [2.45, 2.75) is 44.3 Å². The highest BCUT2D eigenvalue weighted by Crippen LogP contribution is 2.45. The summed E-state index contributed by atoms with van der Waals surface area (Å²) in [6, 6.07) is 6.16. The largest absolute Gasteiger partial charge is 0.344 e. The van der Waals surface area contributed by atoms with E-state index in [1.807, 2.05) is 0 Å². The van der Waals surface area contributed by atoms with Gasteiger partial charge in [-0.05, 0) is 32.4 Å². The Morgan fingerprint density at radius 1 is 1.08 bits per heavy atom. The zero-order valence-corrected chi connectivity index (χ0v) is 15.7. The van der Waals surface area contributed by atoms with E-state index in [1.54, 1.807) is 38.1 Å². The molecule has 2 aliphatic heterocycles. The number of ether oxygens (including phenoxy) is 2. The molecule has 1 aliphatic carbocycles. The number of benzene rings is 1. The van der Waals surface area contributed by atoms with Gasteiger partial charge in [-0.25, -0.2) is 8.42 Å². The van der Waals surface area contributed by atoms with Gasteiger partial charge in [-0.3, -0.25) is 14.5 Å². The van der Waals surface area contributed by atoms with Gasteiger partial charge in [0.25, 0.3) is 11.8 Å². The van der Waals surface area contributed by atoms with Crippen LogP contribution in [-0.4, -0.2) is 61.2 Å². The van der Waals surface area contributed by atoms with Gasteiger partial charge < -0.3 is 9.47 Å². The predicted molar refractivity (Wildman–Crippen MR) is 92.4 cm³/mol. The third kappa shape index (κ3) is 2.76. The highest BCUT2D eigenvalue weighted by atomic mass is 32.2. The monoisotopic (exact) mass is 379 g/mol. The molecule has 140 valence electrons. The van der Waals surface area contributed by atoms with E-state index in [1.165, 1.54) is 11.2 Å². The van der Waals surface area contributed by atoms with Crippen LogP contribution in [0.3, 0.4) is 0 Å². The second kappa shape index (κ2) is 5.61. The summed E-state index contributed by atoms with van der Waals surface area (Å²) in [4.78, 5) is 26.9. The molecule has 4 atom stereocenters. The van der Waals surface area contributed by atoms with Crippen LogP contribution in [0.5, 0.6) is 0 Å². The van der Waals surface area contributed by atoms with Crippen LogP contribution in [0.25, 0.3) is 0 Å². The minimum absolute atomic E-state index is 0.0622. The average molecular weight is 379 g/mol. The van der Waals surface area contributed by atoms with Crippen LogP contribution >= 0.6 is 0 Å². The maximum absolute atomic E-state index is 12.8. The molecule has 8 heteroatoms. The predicted octanol–water partition coefficient (Wildman–Crippen LogP) is 1.24. The molecule has 0 radical (unpaired) electrons. The Kier molecular flexibility index (Phi) is 3.81. The minimum atomic E-state index is -3.24. The molecule has 0 spiro atoms. The minimum Gasteiger partial charge on any atom is -0.344 e. The summed E-state index contributed by atoms with van der Waals surface area (Å²) < 4.78 is 35.6. The number of imide groups is 1. The number of hydrogen-bond acceptors (Lipinski definition) is 6. The van der Waals surface area contributed by atoms with Crippen LogP contribution in [0.1, 0.15) is 41.0 Å². The van der Waals surface area contributed by atoms with Crippen LogP contribution in [0.15, 0.2) is 24.3 Å². The smallest absolute Gasteiger partial charge is 0.261 e. The first-order valence-electron chi connectivity index (χ1n) is 8.58. The van der Waals surface area contributed by atoms with Crippen molar-refractivity contribution in [2.75, 3.05) is 12.0 Å². The summed E-state index contributed by atoms with van der Waals surface area (Å²) in [6.07, 6.45) is 0.537. The van der Waals surface area contributed by atoms with Crippen LogP contribution in [0.4, 0.5) is 0 Å². The zero-order chi connectivity index (χ0) is 18.9. The van der Waals surface area contributed by atoms with Gasteiger partial charge in [0.2, 0.25) is 0 Å². The van der Waals surface area contributed by atoms with Crippen LogP contribution < -0.4 is 0 Å². The molecule has 0 N–H and O–H groups in total.